The first-order valence-corrected chi connectivity index (χ1v) is 7.62. The molecule has 0 saturated heterocycles. The molecule has 0 aliphatic carbocycles. The van der Waals surface area contributed by atoms with Crippen molar-refractivity contribution in [2.24, 2.45) is 0 Å². The zero-order valence-electron chi connectivity index (χ0n) is 11.4. The van der Waals surface area contributed by atoms with E-state index < -0.39 is 10.0 Å². The average molecular weight is 295 g/mol. The van der Waals surface area contributed by atoms with E-state index in [0.29, 0.717) is 12.4 Å². The summed E-state index contributed by atoms with van der Waals surface area (Å²) in [5, 5.41) is 6.90. The van der Waals surface area contributed by atoms with Gasteiger partial charge in [-0.2, -0.15) is 5.10 Å². The smallest absolute Gasteiger partial charge is 0.240 e. The molecule has 0 radical (unpaired) electrons. The van der Waals surface area contributed by atoms with Crippen LogP contribution >= 0.6 is 0 Å². The first-order chi connectivity index (χ1) is 9.51. The number of aromatic nitrogens is 3. The summed E-state index contributed by atoms with van der Waals surface area (Å²) in [5.41, 5.74) is 1.04. The van der Waals surface area contributed by atoms with Gasteiger partial charge < -0.3 is 5.32 Å². The largest absolute Gasteiger partial charge is 0.373 e. The molecule has 2 heterocycles. The van der Waals surface area contributed by atoms with Crippen LogP contribution in [0, 0.1) is 6.92 Å². The van der Waals surface area contributed by atoms with E-state index in [-0.39, 0.29) is 11.4 Å². The molecule has 0 atom stereocenters. The SMILES string of the molecule is CNc1cc(S(=O)(=O)NCCn2cc(C)cn2)ccn1. The highest BCUT2D eigenvalue weighted by atomic mass is 32.2. The van der Waals surface area contributed by atoms with Gasteiger partial charge in [-0.1, -0.05) is 0 Å². The minimum Gasteiger partial charge on any atom is -0.373 e. The van der Waals surface area contributed by atoms with Gasteiger partial charge in [0.15, 0.2) is 0 Å². The number of rotatable bonds is 6. The highest BCUT2D eigenvalue weighted by molar-refractivity contribution is 7.89. The monoisotopic (exact) mass is 295 g/mol. The van der Waals surface area contributed by atoms with Crippen molar-refractivity contribution in [3.63, 3.8) is 0 Å². The van der Waals surface area contributed by atoms with Gasteiger partial charge in [-0.3, -0.25) is 4.68 Å². The molecule has 0 saturated carbocycles. The topological polar surface area (TPSA) is 88.9 Å². The number of hydrogen-bond donors (Lipinski definition) is 2. The second-order valence-electron chi connectivity index (χ2n) is 4.31. The average Bonchev–Trinajstić information content (AvgIpc) is 2.84. The van der Waals surface area contributed by atoms with Crippen molar-refractivity contribution >= 4 is 15.8 Å². The quantitative estimate of drug-likeness (QED) is 0.815. The van der Waals surface area contributed by atoms with Crippen molar-refractivity contribution in [3.8, 4) is 0 Å². The zero-order chi connectivity index (χ0) is 14.6. The maximum absolute atomic E-state index is 12.1. The van der Waals surface area contributed by atoms with Crippen LogP contribution in [0.1, 0.15) is 5.56 Å². The summed E-state index contributed by atoms with van der Waals surface area (Å²) >= 11 is 0. The van der Waals surface area contributed by atoms with E-state index in [4.69, 9.17) is 0 Å². The third-order valence-corrected chi connectivity index (χ3v) is 4.15. The molecular weight excluding hydrogens is 278 g/mol. The summed E-state index contributed by atoms with van der Waals surface area (Å²) in [7, 11) is -1.84. The molecule has 0 bridgehead atoms. The Kier molecular flexibility index (Phi) is 4.35. The van der Waals surface area contributed by atoms with Crippen molar-refractivity contribution < 1.29 is 8.42 Å². The Morgan fingerprint density at radius 3 is 2.85 bits per heavy atom. The van der Waals surface area contributed by atoms with Crippen molar-refractivity contribution in [2.45, 2.75) is 18.4 Å². The lowest BCUT2D eigenvalue weighted by atomic mass is 10.4. The Morgan fingerprint density at radius 2 is 2.20 bits per heavy atom. The molecule has 2 rings (SSSR count). The molecule has 0 aliphatic heterocycles. The number of nitrogens with one attached hydrogen (secondary N) is 2. The van der Waals surface area contributed by atoms with Crippen LogP contribution in [0.25, 0.3) is 0 Å². The van der Waals surface area contributed by atoms with E-state index >= 15 is 0 Å². The molecule has 0 aromatic carbocycles. The van der Waals surface area contributed by atoms with Crippen LogP contribution in [0.5, 0.6) is 0 Å². The van der Waals surface area contributed by atoms with Crippen LogP contribution in [-0.4, -0.2) is 36.8 Å². The fourth-order valence-corrected chi connectivity index (χ4v) is 2.72. The Hall–Kier alpha value is -1.93. The van der Waals surface area contributed by atoms with E-state index in [2.05, 4.69) is 20.1 Å². The van der Waals surface area contributed by atoms with Crippen LogP contribution in [0.4, 0.5) is 5.82 Å². The van der Waals surface area contributed by atoms with Gasteiger partial charge in [0, 0.05) is 32.1 Å². The van der Waals surface area contributed by atoms with Gasteiger partial charge in [0.1, 0.15) is 5.82 Å². The summed E-state index contributed by atoms with van der Waals surface area (Å²) in [6, 6.07) is 2.95. The van der Waals surface area contributed by atoms with Crippen LogP contribution in [0.15, 0.2) is 35.6 Å². The molecule has 108 valence electrons. The molecule has 7 nitrogen and oxygen atoms in total. The molecule has 2 aromatic rings. The van der Waals surface area contributed by atoms with Gasteiger partial charge in [0.05, 0.1) is 17.6 Å². The number of nitrogens with zero attached hydrogens (tertiary/aromatic N) is 3. The molecule has 0 fully saturated rings. The highest BCUT2D eigenvalue weighted by Gasteiger charge is 2.14. The molecule has 0 aliphatic rings. The second-order valence-corrected chi connectivity index (χ2v) is 6.07. The Morgan fingerprint density at radius 1 is 1.40 bits per heavy atom. The molecule has 20 heavy (non-hydrogen) atoms. The number of anilines is 1. The number of pyridine rings is 1. The molecule has 0 amide bonds. The summed E-state index contributed by atoms with van der Waals surface area (Å²) in [5.74, 6) is 0.510. The molecule has 0 unspecified atom stereocenters. The predicted octanol–water partition coefficient (Wildman–Crippen LogP) is 0.607. The lowest BCUT2D eigenvalue weighted by Crippen LogP contribution is -2.27. The molecule has 2 N–H and O–H groups in total. The van der Waals surface area contributed by atoms with E-state index in [9.17, 15) is 8.42 Å². The van der Waals surface area contributed by atoms with Gasteiger partial charge >= 0.3 is 0 Å². The van der Waals surface area contributed by atoms with E-state index in [0.717, 1.165) is 5.56 Å². The number of sulfonamides is 1. The van der Waals surface area contributed by atoms with Gasteiger partial charge in [-0.25, -0.2) is 18.1 Å². The van der Waals surface area contributed by atoms with E-state index in [1.54, 1.807) is 17.9 Å². The van der Waals surface area contributed by atoms with Crippen LogP contribution in [0.3, 0.4) is 0 Å². The standard InChI is InChI=1S/C12H17N5O2S/c1-10-8-15-17(9-10)6-5-16-20(18,19)11-3-4-14-12(7-11)13-2/h3-4,7-9,16H,5-6H2,1-2H3,(H,13,14). The van der Waals surface area contributed by atoms with Crippen molar-refractivity contribution in [1.29, 1.82) is 0 Å². The minimum absolute atomic E-state index is 0.188. The number of hydrogen-bond acceptors (Lipinski definition) is 5. The summed E-state index contributed by atoms with van der Waals surface area (Å²) in [6.45, 7) is 2.70. The Labute approximate surface area is 118 Å². The lowest BCUT2D eigenvalue weighted by molar-refractivity contribution is 0.560. The fourth-order valence-electron chi connectivity index (χ4n) is 1.68. The van der Waals surface area contributed by atoms with E-state index in [1.165, 1.54) is 18.3 Å². The van der Waals surface area contributed by atoms with Crippen molar-refractivity contribution in [2.75, 3.05) is 18.9 Å². The third kappa shape index (κ3) is 3.55. The predicted molar refractivity (Wildman–Crippen MR) is 75.9 cm³/mol. The van der Waals surface area contributed by atoms with Gasteiger partial charge in [-0.05, 0) is 18.6 Å². The maximum atomic E-state index is 12.1. The highest BCUT2D eigenvalue weighted by Crippen LogP contribution is 2.11. The first-order valence-electron chi connectivity index (χ1n) is 6.14. The van der Waals surface area contributed by atoms with Gasteiger partial charge in [0.25, 0.3) is 0 Å². The normalized spacial score (nSPS) is 11.5. The molecule has 0 spiro atoms. The molecular formula is C12H17N5O2S. The fraction of sp³-hybridized carbons (Fsp3) is 0.333. The summed E-state index contributed by atoms with van der Waals surface area (Å²) in [4.78, 5) is 4.17. The zero-order valence-corrected chi connectivity index (χ0v) is 12.2. The second kappa shape index (κ2) is 6.02. The first kappa shape index (κ1) is 14.5. The maximum Gasteiger partial charge on any atom is 0.240 e. The van der Waals surface area contributed by atoms with Crippen LogP contribution < -0.4 is 10.0 Å². The van der Waals surface area contributed by atoms with E-state index in [1.807, 2.05) is 13.1 Å². The van der Waals surface area contributed by atoms with Crippen molar-refractivity contribution in [3.05, 3.63) is 36.3 Å². The van der Waals surface area contributed by atoms with Crippen LogP contribution in [-0.2, 0) is 16.6 Å². The van der Waals surface area contributed by atoms with Crippen molar-refractivity contribution in [1.82, 2.24) is 19.5 Å². The number of aryl methyl sites for hydroxylation is 1. The molecule has 2 aromatic heterocycles. The lowest BCUT2D eigenvalue weighted by Gasteiger charge is -2.08. The van der Waals surface area contributed by atoms with Gasteiger partial charge in [0.2, 0.25) is 10.0 Å². The van der Waals surface area contributed by atoms with Crippen LogP contribution in [0.2, 0.25) is 0 Å². The third-order valence-electron chi connectivity index (χ3n) is 2.69. The minimum atomic E-state index is -3.53. The van der Waals surface area contributed by atoms with Gasteiger partial charge in [-0.15, -0.1) is 0 Å². The Balaban J connectivity index is 2.00. The molecule has 8 heteroatoms. The summed E-state index contributed by atoms with van der Waals surface area (Å²) in [6.07, 6.45) is 5.05. The summed E-state index contributed by atoms with van der Waals surface area (Å²) < 4.78 is 28.4. The Bertz CT molecular complexity index is 681.